The first-order valence-corrected chi connectivity index (χ1v) is 10.8. The van der Waals surface area contributed by atoms with E-state index in [0.29, 0.717) is 0 Å². The molecular formula is C8H20S7. The summed E-state index contributed by atoms with van der Waals surface area (Å²) in [4.78, 5) is 0. The maximum absolute atomic E-state index is 4.07. The SMILES string of the molecule is SCCSCCS.SCCSSCCS. The molecule has 15 heavy (non-hydrogen) atoms. The highest BCUT2D eigenvalue weighted by Crippen LogP contribution is 2.20. The zero-order valence-electron chi connectivity index (χ0n) is 8.67. The monoisotopic (exact) mass is 340 g/mol. The van der Waals surface area contributed by atoms with Crippen molar-refractivity contribution in [1.29, 1.82) is 0 Å². The van der Waals surface area contributed by atoms with Gasteiger partial charge in [0, 0.05) is 34.5 Å². The third kappa shape index (κ3) is 26.2. The summed E-state index contributed by atoms with van der Waals surface area (Å²) < 4.78 is 0. The Bertz CT molecular complexity index is 81.1. The van der Waals surface area contributed by atoms with E-state index in [1.807, 2.05) is 33.3 Å². The minimum absolute atomic E-state index is 0.976. The van der Waals surface area contributed by atoms with Crippen LogP contribution >= 0.6 is 83.9 Å². The topological polar surface area (TPSA) is 0 Å². The van der Waals surface area contributed by atoms with Crippen LogP contribution in [0.25, 0.3) is 0 Å². The van der Waals surface area contributed by atoms with Crippen molar-refractivity contribution in [3.8, 4) is 0 Å². The molecule has 0 saturated carbocycles. The fourth-order valence-electron chi connectivity index (χ4n) is 0.424. The van der Waals surface area contributed by atoms with Gasteiger partial charge in [-0.15, -0.1) is 0 Å². The summed E-state index contributed by atoms with van der Waals surface area (Å²) >= 11 is 18.1. The lowest BCUT2D eigenvalue weighted by molar-refractivity contribution is 1.50. The van der Waals surface area contributed by atoms with Gasteiger partial charge < -0.3 is 0 Å². The van der Waals surface area contributed by atoms with Gasteiger partial charge in [0.15, 0.2) is 0 Å². The Kier molecular flexibility index (Phi) is 28.6. The molecule has 0 fully saturated rings. The molecule has 0 aliphatic rings. The molecule has 0 aliphatic carbocycles. The van der Waals surface area contributed by atoms with Gasteiger partial charge in [0.1, 0.15) is 0 Å². The molecule has 0 rings (SSSR count). The number of hydrogen-bond acceptors (Lipinski definition) is 7. The van der Waals surface area contributed by atoms with Crippen molar-refractivity contribution in [2.75, 3.05) is 46.0 Å². The van der Waals surface area contributed by atoms with Crippen LogP contribution in [-0.4, -0.2) is 46.0 Å². The Morgan fingerprint density at radius 3 is 1.13 bits per heavy atom. The van der Waals surface area contributed by atoms with Crippen LogP contribution in [0.15, 0.2) is 0 Å². The van der Waals surface area contributed by atoms with Gasteiger partial charge in [-0.3, -0.25) is 0 Å². The predicted molar refractivity (Wildman–Crippen MR) is 97.7 cm³/mol. The van der Waals surface area contributed by atoms with Crippen molar-refractivity contribution in [2.45, 2.75) is 0 Å². The first-order chi connectivity index (χ1) is 7.33. The predicted octanol–water partition coefficient (Wildman–Crippen LogP) is 3.81. The molecule has 0 saturated heterocycles. The molecule has 0 heterocycles. The molecule has 0 radical (unpaired) electrons. The van der Waals surface area contributed by atoms with Crippen LogP contribution in [0.2, 0.25) is 0 Å². The van der Waals surface area contributed by atoms with E-state index in [9.17, 15) is 0 Å². The quantitative estimate of drug-likeness (QED) is 0.286. The van der Waals surface area contributed by atoms with Gasteiger partial charge in [-0.05, 0) is 11.5 Å². The first kappa shape index (κ1) is 19.8. The average Bonchev–Trinajstić information content (AvgIpc) is 2.26. The molecular weight excluding hydrogens is 321 g/mol. The van der Waals surface area contributed by atoms with E-state index in [0.717, 1.165) is 46.0 Å². The first-order valence-electron chi connectivity index (χ1n) is 4.59. The van der Waals surface area contributed by atoms with Crippen molar-refractivity contribution in [2.24, 2.45) is 0 Å². The van der Waals surface area contributed by atoms with E-state index >= 15 is 0 Å². The fraction of sp³-hybridized carbons (Fsp3) is 1.00. The Hall–Kier alpha value is 2.45. The number of rotatable bonds is 9. The average molecular weight is 341 g/mol. The van der Waals surface area contributed by atoms with E-state index in [1.165, 1.54) is 0 Å². The van der Waals surface area contributed by atoms with E-state index < -0.39 is 0 Å². The molecule has 0 atom stereocenters. The van der Waals surface area contributed by atoms with Crippen molar-refractivity contribution in [3.05, 3.63) is 0 Å². The molecule has 0 aromatic carbocycles. The minimum atomic E-state index is 0.976. The van der Waals surface area contributed by atoms with Crippen LogP contribution in [0.1, 0.15) is 0 Å². The maximum atomic E-state index is 4.07. The molecule has 0 aliphatic heterocycles. The normalized spacial score (nSPS) is 9.60. The number of thiol groups is 4. The maximum Gasteiger partial charge on any atom is 0.0125 e. The molecule has 94 valence electrons. The van der Waals surface area contributed by atoms with Crippen molar-refractivity contribution >= 4 is 83.9 Å². The standard InChI is InChI=1S/C4H10S4.C4H10S3/c5-1-3-7-8-4-2-6;5-1-3-7-4-2-6/h5-6H,1-4H2;5-6H,1-4H2. The van der Waals surface area contributed by atoms with Crippen molar-refractivity contribution < 1.29 is 0 Å². The van der Waals surface area contributed by atoms with E-state index in [4.69, 9.17) is 0 Å². The van der Waals surface area contributed by atoms with E-state index in [-0.39, 0.29) is 0 Å². The van der Waals surface area contributed by atoms with Gasteiger partial charge in [0.25, 0.3) is 0 Å². The smallest absolute Gasteiger partial charge is 0.0125 e. The molecule has 0 nitrogen and oxygen atoms in total. The summed E-state index contributed by atoms with van der Waals surface area (Å²) in [6.45, 7) is 0. The third-order valence-corrected chi connectivity index (χ3v) is 6.40. The van der Waals surface area contributed by atoms with Gasteiger partial charge >= 0.3 is 0 Å². The summed E-state index contributed by atoms with van der Waals surface area (Å²) in [5, 5.41) is 0. The highest BCUT2D eigenvalue weighted by Gasteiger charge is 1.84. The summed E-state index contributed by atoms with van der Waals surface area (Å²) in [5.74, 6) is 8.52. The van der Waals surface area contributed by atoms with Gasteiger partial charge in [-0.25, -0.2) is 0 Å². The summed E-state index contributed by atoms with van der Waals surface area (Å²) in [5.41, 5.74) is 0. The van der Waals surface area contributed by atoms with Gasteiger partial charge in [-0.1, -0.05) is 21.6 Å². The second-order valence-electron chi connectivity index (χ2n) is 2.15. The van der Waals surface area contributed by atoms with Crippen molar-refractivity contribution in [1.82, 2.24) is 0 Å². The van der Waals surface area contributed by atoms with Crippen LogP contribution in [0.5, 0.6) is 0 Å². The molecule has 0 aromatic rings. The molecule has 7 heteroatoms. The van der Waals surface area contributed by atoms with E-state index in [2.05, 4.69) is 50.5 Å². The summed E-state index contributed by atoms with van der Waals surface area (Å²) in [6.07, 6.45) is 0. The number of thioether (sulfide) groups is 1. The summed E-state index contributed by atoms with van der Waals surface area (Å²) in [6, 6.07) is 0. The Morgan fingerprint density at radius 1 is 0.533 bits per heavy atom. The van der Waals surface area contributed by atoms with Gasteiger partial charge in [-0.2, -0.15) is 62.3 Å². The van der Waals surface area contributed by atoms with Crippen LogP contribution in [0.4, 0.5) is 0 Å². The lowest BCUT2D eigenvalue weighted by atomic mass is 10.9. The van der Waals surface area contributed by atoms with Crippen LogP contribution in [0.3, 0.4) is 0 Å². The van der Waals surface area contributed by atoms with Crippen LogP contribution < -0.4 is 0 Å². The van der Waals surface area contributed by atoms with Crippen molar-refractivity contribution in [3.63, 3.8) is 0 Å². The van der Waals surface area contributed by atoms with E-state index in [1.54, 1.807) is 0 Å². The van der Waals surface area contributed by atoms with Gasteiger partial charge in [0.2, 0.25) is 0 Å². The highest BCUT2D eigenvalue weighted by atomic mass is 33.1. The second-order valence-corrected chi connectivity index (χ2v) is 7.87. The lowest BCUT2D eigenvalue weighted by Crippen LogP contribution is -1.83. The largest absolute Gasteiger partial charge is 0.179 e. The molecule has 0 spiro atoms. The Balaban J connectivity index is 0. The fourth-order valence-corrected chi connectivity index (χ4v) is 4.54. The minimum Gasteiger partial charge on any atom is -0.179 e. The molecule has 0 N–H and O–H groups in total. The third-order valence-electron chi connectivity index (χ3n) is 0.904. The van der Waals surface area contributed by atoms with Crippen LogP contribution in [0, 0.1) is 0 Å². The zero-order valence-corrected chi connectivity index (χ0v) is 14.7. The molecule has 0 bridgehead atoms. The Morgan fingerprint density at radius 2 is 0.867 bits per heavy atom. The molecule has 0 amide bonds. The second kappa shape index (κ2) is 21.7. The summed E-state index contributed by atoms with van der Waals surface area (Å²) in [7, 11) is 3.74. The highest BCUT2D eigenvalue weighted by molar-refractivity contribution is 8.76. The molecule has 0 aromatic heterocycles. The van der Waals surface area contributed by atoms with Gasteiger partial charge in [0.05, 0.1) is 0 Å². The lowest BCUT2D eigenvalue weighted by Gasteiger charge is -1.93. The Labute approximate surface area is 129 Å². The van der Waals surface area contributed by atoms with Crippen LogP contribution in [-0.2, 0) is 0 Å². The zero-order chi connectivity index (χ0) is 11.8. The molecule has 0 unspecified atom stereocenters. The number of hydrogen-bond donors (Lipinski definition) is 4.